The van der Waals surface area contributed by atoms with E-state index in [-0.39, 0.29) is 0 Å². The fourth-order valence-electron chi connectivity index (χ4n) is 1.53. The van der Waals surface area contributed by atoms with Crippen molar-refractivity contribution in [2.24, 2.45) is 5.92 Å². The van der Waals surface area contributed by atoms with Crippen LogP contribution in [-0.2, 0) is 4.74 Å². The molecule has 1 aromatic carbocycles. The van der Waals surface area contributed by atoms with Crippen molar-refractivity contribution in [3.05, 3.63) is 29.3 Å². The van der Waals surface area contributed by atoms with Gasteiger partial charge in [-0.2, -0.15) is 0 Å². The molecule has 3 heteroatoms. The molecule has 2 nitrogen and oxygen atoms in total. The minimum absolute atomic E-state index is 0.352. The Labute approximate surface area is 121 Å². The quantitative estimate of drug-likeness (QED) is 0.450. The van der Waals surface area contributed by atoms with E-state index in [9.17, 15) is 0 Å². The third-order valence-electron chi connectivity index (χ3n) is 2.44. The van der Waals surface area contributed by atoms with Gasteiger partial charge in [0.25, 0.3) is 0 Å². The van der Waals surface area contributed by atoms with Crippen LogP contribution in [0.1, 0.15) is 25.0 Å². The molecule has 0 fully saturated rings. The Morgan fingerprint density at radius 2 is 2.05 bits per heavy atom. The first-order chi connectivity index (χ1) is 9.13. The van der Waals surface area contributed by atoms with Gasteiger partial charge in [0.2, 0.25) is 0 Å². The van der Waals surface area contributed by atoms with Gasteiger partial charge in [-0.05, 0) is 36.6 Å². The number of ether oxygens (including phenoxy) is 2. The lowest BCUT2D eigenvalue weighted by Crippen LogP contribution is -2.10. The number of rotatable bonds is 6. The topological polar surface area (TPSA) is 18.5 Å². The van der Waals surface area contributed by atoms with Crippen LogP contribution in [0.5, 0.6) is 5.75 Å². The molecule has 0 saturated heterocycles. The Morgan fingerprint density at radius 3 is 2.68 bits per heavy atom. The average Bonchev–Trinajstić information content (AvgIpc) is 2.37. The van der Waals surface area contributed by atoms with Gasteiger partial charge >= 0.3 is 0 Å². The standard InChI is InChI=1S/C16H21ClO2/c1-13(2)12-18-9-10-19-16-7-6-15(5-4-8-17)14(3)11-16/h6-7,11,13H,8-10,12H2,1-3H3. The fourth-order valence-corrected chi connectivity index (χ4v) is 1.60. The highest BCUT2D eigenvalue weighted by Gasteiger charge is 1.99. The zero-order valence-electron chi connectivity index (χ0n) is 11.8. The summed E-state index contributed by atoms with van der Waals surface area (Å²) in [6, 6.07) is 5.87. The van der Waals surface area contributed by atoms with Crippen LogP contribution in [0.4, 0.5) is 0 Å². The van der Waals surface area contributed by atoms with E-state index in [1.54, 1.807) is 0 Å². The number of aryl methyl sites for hydroxylation is 1. The molecule has 1 aromatic rings. The Bertz CT molecular complexity index is 444. The molecule has 0 aliphatic carbocycles. The van der Waals surface area contributed by atoms with Crippen LogP contribution in [0.15, 0.2) is 18.2 Å². The molecular formula is C16H21ClO2. The highest BCUT2D eigenvalue weighted by atomic mass is 35.5. The smallest absolute Gasteiger partial charge is 0.119 e. The number of alkyl halides is 1. The van der Waals surface area contributed by atoms with Crippen LogP contribution < -0.4 is 4.74 Å². The van der Waals surface area contributed by atoms with E-state index in [1.807, 2.05) is 25.1 Å². The van der Waals surface area contributed by atoms with Gasteiger partial charge in [-0.3, -0.25) is 0 Å². The largest absolute Gasteiger partial charge is 0.491 e. The predicted octanol–water partition coefficient (Wildman–Crippen LogP) is 3.64. The van der Waals surface area contributed by atoms with Crippen molar-refractivity contribution in [1.82, 2.24) is 0 Å². The van der Waals surface area contributed by atoms with Crippen molar-refractivity contribution >= 4 is 11.6 Å². The first-order valence-electron chi connectivity index (χ1n) is 6.49. The monoisotopic (exact) mass is 280 g/mol. The summed E-state index contributed by atoms with van der Waals surface area (Å²) in [6.45, 7) is 8.23. The highest BCUT2D eigenvalue weighted by molar-refractivity contribution is 6.19. The maximum Gasteiger partial charge on any atom is 0.119 e. The lowest BCUT2D eigenvalue weighted by atomic mass is 10.1. The van der Waals surface area contributed by atoms with Gasteiger partial charge in [0.15, 0.2) is 0 Å². The Kier molecular flexibility index (Phi) is 7.40. The normalized spacial score (nSPS) is 10.2. The van der Waals surface area contributed by atoms with Crippen molar-refractivity contribution in [1.29, 1.82) is 0 Å². The maximum absolute atomic E-state index is 5.63. The second-order valence-corrected chi connectivity index (χ2v) is 5.00. The molecule has 0 aromatic heterocycles. The molecule has 0 bridgehead atoms. The molecule has 0 N–H and O–H groups in total. The maximum atomic E-state index is 5.63. The summed E-state index contributed by atoms with van der Waals surface area (Å²) in [6.07, 6.45) is 0. The predicted molar refractivity (Wildman–Crippen MR) is 79.9 cm³/mol. The fraction of sp³-hybridized carbons (Fsp3) is 0.500. The van der Waals surface area contributed by atoms with E-state index in [1.165, 1.54) is 0 Å². The summed E-state index contributed by atoms with van der Waals surface area (Å²) in [5.41, 5.74) is 2.09. The van der Waals surface area contributed by atoms with E-state index in [0.29, 0.717) is 25.0 Å². The molecule has 0 heterocycles. The zero-order chi connectivity index (χ0) is 14.1. The molecule has 19 heavy (non-hydrogen) atoms. The zero-order valence-corrected chi connectivity index (χ0v) is 12.6. The lowest BCUT2D eigenvalue weighted by molar-refractivity contribution is 0.0819. The van der Waals surface area contributed by atoms with Crippen LogP contribution in [-0.4, -0.2) is 25.7 Å². The third kappa shape index (κ3) is 6.52. The molecule has 0 aliphatic rings. The van der Waals surface area contributed by atoms with E-state index in [4.69, 9.17) is 21.1 Å². The third-order valence-corrected chi connectivity index (χ3v) is 2.57. The van der Waals surface area contributed by atoms with Crippen molar-refractivity contribution in [3.63, 3.8) is 0 Å². The Balaban J connectivity index is 2.41. The van der Waals surface area contributed by atoms with Crippen molar-refractivity contribution in [2.75, 3.05) is 25.7 Å². The second kappa shape index (κ2) is 8.85. The number of halogens is 1. The van der Waals surface area contributed by atoms with Gasteiger partial charge in [0.1, 0.15) is 12.4 Å². The summed E-state index contributed by atoms with van der Waals surface area (Å²) in [5.74, 6) is 7.63. The van der Waals surface area contributed by atoms with Crippen LogP contribution in [0.25, 0.3) is 0 Å². The number of hydrogen-bond donors (Lipinski definition) is 0. The lowest BCUT2D eigenvalue weighted by Gasteiger charge is -2.09. The van der Waals surface area contributed by atoms with Gasteiger partial charge in [0, 0.05) is 12.2 Å². The first kappa shape index (κ1) is 15.9. The highest BCUT2D eigenvalue weighted by Crippen LogP contribution is 2.16. The van der Waals surface area contributed by atoms with Gasteiger partial charge in [-0.25, -0.2) is 0 Å². The van der Waals surface area contributed by atoms with Gasteiger partial charge in [-0.15, -0.1) is 11.6 Å². The molecule has 1 rings (SSSR count). The molecule has 0 spiro atoms. The SMILES string of the molecule is Cc1cc(OCCOCC(C)C)ccc1C#CCCl. The first-order valence-corrected chi connectivity index (χ1v) is 7.03. The van der Waals surface area contributed by atoms with Crippen LogP contribution in [0.2, 0.25) is 0 Å². The van der Waals surface area contributed by atoms with E-state index < -0.39 is 0 Å². The van der Waals surface area contributed by atoms with E-state index >= 15 is 0 Å². The molecule has 0 radical (unpaired) electrons. The Morgan fingerprint density at radius 1 is 1.26 bits per heavy atom. The second-order valence-electron chi connectivity index (χ2n) is 4.73. The summed E-state index contributed by atoms with van der Waals surface area (Å²) in [5, 5.41) is 0. The molecule has 0 aliphatic heterocycles. The van der Waals surface area contributed by atoms with Crippen molar-refractivity contribution < 1.29 is 9.47 Å². The van der Waals surface area contributed by atoms with Gasteiger partial charge in [-0.1, -0.05) is 25.7 Å². The molecule has 0 saturated carbocycles. The minimum Gasteiger partial charge on any atom is -0.491 e. The summed E-state index contributed by atoms with van der Waals surface area (Å²) >= 11 is 5.54. The van der Waals surface area contributed by atoms with Crippen molar-refractivity contribution in [2.45, 2.75) is 20.8 Å². The summed E-state index contributed by atoms with van der Waals surface area (Å²) < 4.78 is 11.1. The molecule has 104 valence electrons. The van der Waals surface area contributed by atoms with Crippen LogP contribution >= 0.6 is 11.6 Å². The summed E-state index contributed by atoms with van der Waals surface area (Å²) in [4.78, 5) is 0. The number of benzene rings is 1. The molecule has 0 atom stereocenters. The molecule has 0 unspecified atom stereocenters. The van der Waals surface area contributed by atoms with Gasteiger partial charge < -0.3 is 9.47 Å². The van der Waals surface area contributed by atoms with E-state index in [2.05, 4.69) is 25.7 Å². The van der Waals surface area contributed by atoms with Crippen molar-refractivity contribution in [3.8, 4) is 17.6 Å². The van der Waals surface area contributed by atoms with Crippen LogP contribution in [0, 0.1) is 24.7 Å². The minimum atomic E-state index is 0.352. The Hall–Kier alpha value is -1.17. The summed E-state index contributed by atoms with van der Waals surface area (Å²) in [7, 11) is 0. The van der Waals surface area contributed by atoms with Gasteiger partial charge in [0.05, 0.1) is 12.5 Å². The van der Waals surface area contributed by atoms with E-state index in [0.717, 1.165) is 23.5 Å². The van der Waals surface area contributed by atoms with Crippen LogP contribution in [0.3, 0.4) is 0 Å². The average molecular weight is 281 g/mol. The molecular weight excluding hydrogens is 260 g/mol. The molecule has 0 amide bonds. The number of hydrogen-bond acceptors (Lipinski definition) is 2.